The standard InChI is InChI=1S/C14H15ClN4O3/c1-21-12-4-2-3-11(18-14(20)19-16)9(12)8-22-13-7-17-6-5-10(13)15/h2-7H,8,16H2,1H3,(H2,18,19,20). The molecule has 0 aliphatic heterocycles. The Balaban J connectivity index is 2.24. The number of anilines is 1. The van der Waals surface area contributed by atoms with Crippen molar-refractivity contribution in [1.82, 2.24) is 10.4 Å². The molecule has 0 aliphatic rings. The van der Waals surface area contributed by atoms with Crippen LogP contribution in [-0.2, 0) is 6.61 Å². The first kappa shape index (κ1) is 15.9. The molecule has 22 heavy (non-hydrogen) atoms. The number of methoxy groups -OCH3 is 1. The number of carbonyl (C=O) groups excluding carboxylic acids is 1. The van der Waals surface area contributed by atoms with Gasteiger partial charge in [0.2, 0.25) is 0 Å². The Morgan fingerprint density at radius 1 is 1.36 bits per heavy atom. The maximum absolute atomic E-state index is 11.4. The van der Waals surface area contributed by atoms with Crippen LogP contribution in [0.2, 0.25) is 5.02 Å². The van der Waals surface area contributed by atoms with Crippen LogP contribution in [0.1, 0.15) is 5.56 Å². The number of nitrogens with one attached hydrogen (secondary N) is 2. The van der Waals surface area contributed by atoms with E-state index in [2.05, 4.69) is 10.3 Å². The Morgan fingerprint density at radius 2 is 2.18 bits per heavy atom. The van der Waals surface area contributed by atoms with Crippen LogP contribution in [0.4, 0.5) is 10.5 Å². The fraction of sp³-hybridized carbons (Fsp3) is 0.143. The van der Waals surface area contributed by atoms with Gasteiger partial charge in [0.05, 0.1) is 29.6 Å². The highest BCUT2D eigenvalue weighted by molar-refractivity contribution is 6.31. The van der Waals surface area contributed by atoms with Gasteiger partial charge in [-0.2, -0.15) is 0 Å². The van der Waals surface area contributed by atoms with Gasteiger partial charge in [0.15, 0.2) is 5.75 Å². The number of nitrogens with zero attached hydrogens (tertiary/aromatic N) is 1. The molecule has 0 aliphatic carbocycles. The Bertz CT molecular complexity index is 666. The molecule has 0 radical (unpaired) electrons. The van der Waals surface area contributed by atoms with Gasteiger partial charge in [0, 0.05) is 6.20 Å². The SMILES string of the molecule is COc1cccc(NC(=O)NN)c1COc1cnccc1Cl. The van der Waals surface area contributed by atoms with Gasteiger partial charge in [0.1, 0.15) is 12.4 Å². The molecule has 2 aromatic rings. The van der Waals surface area contributed by atoms with Gasteiger partial charge in [-0.05, 0) is 18.2 Å². The molecule has 2 rings (SSSR count). The van der Waals surface area contributed by atoms with Gasteiger partial charge in [-0.1, -0.05) is 17.7 Å². The zero-order valence-corrected chi connectivity index (χ0v) is 12.6. The summed E-state index contributed by atoms with van der Waals surface area (Å²) < 4.78 is 10.9. The van der Waals surface area contributed by atoms with E-state index in [4.69, 9.17) is 26.9 Å². The molecule has 0 unspecified atom stereocenters. The molecule has 116 valence electrons. The summed E-state index contributed by atoms with van der Waals surface area (Å²) in [5, 5.41) is 3.05. The fourth-order valence-corrected chi connectivity index (χ4v) is 1.96. The highest BCUT2D eigenvalue weighted by Crippen LogP contribution is 2.29. The minimum Gasteiger partial charge on any atom is -0.496 e. The Morgan fingerprint density at radius 3 is 2.86 bits per heavy atom. The highest BCUT2D eigenvalue weighted by atomic mass is 35.5. The predicted octanol–water partition coefficient (Wildman–Crippen LogP) is 2.32. The van der Waals surface area contributed by atoms with E-state index in [0.717, 1.165) is 0 Å². The maximum Gasteiger partial charge on any atom is 0.333 e. The lowest BCUT2D eigenvalue weighted by Crippen LogP contribution is -2.34. The lowest BCUT2D eigenvalue weighted by Gasteiger charge is -2.15. The van der Waals surface area contributed by atoms with Crippen LogP contribution in [0.25, 0.3) is 0 Å². The second kappa shape index (κ2) is 7.48. The van der Waals surface area contributed by atoms with Crippen molar-refractivity contribution in [1.29, 1.82) is 0 Å². The summed E-state index contributed by atoms with van der Waals surface area (Å²) in [4.78, 5) is 15.3. The zero-order valence-electron chi connectivity index (χ0n) is 11.8. The smallest absolute Gasteiger partial charge is 0.333 e. The molecular formula is C14H15ClN4O3. The van der Waals surface area contributed by atoms with Crippen molar-refractivity contribution >= 4 is 23.3 Å². The molecule has 1 heterocycles. The van der Waals surface area contributed by atoms with E-state index in [-0.39, 0.29) is 6.61 Å². The van der Waals surface area contributed by atoms with Gasteiger partial charge >= 0.3 is 6.03 Å². The molecule has 8 heteroatoms. The van der Waals surface area contributed by atoms with Crippen LogP contribution in [0, 0.1) is 0 Å². The third kappa shape index (κ3) is 3.78. The van der Waals surface area contributed by atoms with Crippen molar-refractivity contribution in [2.75, 3.05) is 12.4 Å². The lowest BCUT2D eigenvalue weighted by molar-refractivity contribution is 0.252. The van der Waals surface area contributed by atoms with Crippen molar-refractivity contribution in [3.8, 4) is 11.5 Å². The van der Waals surface area contributed by atoms with E-state index in [1.54, 1.807) is 30.5 Å². The summed E-state index contributed by atoms with van der Waals surface area (Å²) in [6.45, 7) is 0.135. The molecule has 0 saturated heterocycles. The molecule has 7 nitrogen and oxygen atoms in total. The van der Waals surface area contributed by atoms with Crippen LogP contribution in [0.5, 0.6) is 11.5 Å². The molecule has 0 spiro atoms. The van der Waals surface area contributed by atoms with Crippen molar-refractivity contribution in [3.05, 3.63) is 47.2 Å². The van der Waals surface area contributed by atoms with Crippen LogP contribution >= 0.6 is 11.6 Å². The lowest BCUT2D eigenvalue weighted by atomic mass is 10.1. The Labute approximate surface area is 132 Å². The normalized spacial score (nSPS) is 9.95. The number of amides is 2. The third-order valence-electron chi connectivity index (χ3n) is 2.84. The fourth-order valence-electron chi connectivity index (χ4n) is 1.80. The van der Waals surface area contributed by atoms with Crippen molar-refractivity contribution in [2.24, 2.45) is 5.84 Å². The van der Waals surface area contributed by atoms with Gasteiger partial charge < -0.3 is 14.8 Å². The summed E-state index contributed by atoms with van der Waals surface area (Å²) in [5.74, 6) is 6.07. The minimum atomic E-state index is -0.547. The van der Waals surface area contributed by atoms with Gasteiger partial charge in [-0.25, -0.2) is 10.6 Å². The van der Waals surface area contributed by atoms with Gasteiger partial charge in [0.25, 0.3) is 0 Å². The minimum absolute atomic E-state index is 0.135. The van der Waals surface area contributed by atoms with E-state index < -0.39 is 6.03 Å². The largest absolute Gasteiger partial charge is 0.496 e. The van der Waals surface area contributed by atoms with E-state index in [1.807, 2.05) is 5.43 Å². The number of pyridine rings is 1. The number of urea groups is 1. The molecule has 0 fully saturated rings. The first-order valence-corrected chi connectivity index (χ1v) is 6.69. The van der Waals surface area contributed by atoms with Crippen molar-refractivity contribution in [2.45, 2.75) is 6.61 Å². The number of aromatic nitrogens is 1. The average Bonchev–Trinajstić information content (AvgIpc) is 2.54. The number of nitrogens with two attached hydrogens (primary N) is 1. The first-order valence-electron chi connectivity index (χ1n) is 6.31. The average molecular weight is 323 g/mol. The van der Waals surface area contributed by atoms with E-state index >= 15 is 0 Å². The highest BCUT2D eigenvalue weighted by Gasteiger charge is 2.13. The molecule has 0 atom stereocenters. The topological polar surface area (TPSA) is 98.5 Å². The van der Waals surface area contributed by atoms with E-state index in [9.17, 15) is 4.79 Å². The number of benzene rings is 1. The number of hydrazine groups is 1. The summed E-state index contributed by atoms with van der Waals surface area (Å²) >= 11 is 6.02. The summed E-state index contributed by atoms with van der Waals surface area (Å²) in [6.07, 6.45) is 3.08. The number of ether oxygens (including phenoxy) is 2. The first-order chi connectivity index (χ1) is 10.7. The van der Waals surface area contributed by atoms with Gasteiger partial charge in [-0.3, -0.25) is 10.4 Å². The van der Waals surface area contributed by atoms with Crippen molar-refractivity contribution in [3.63, 3.8) is 0 Å². The number of hydrogen-bond donors (Lipinski definition) is 3. The Hall–Kier alpha value is -2.51. The number of carbonyl (C=O) groups is 1. The number of halogens is 1. The van der Waals surface area contributed by atoms with Crippen molar-refractivity contribution < 1.29 is 14.3 Å². The molecule has 1 aromatic heterocycles. The molecule has 2 amide bonds. The number of rotatable bonds is 5. The maximum atomic E-state index is 11.4. The molecule has 4 N–H and O–H groups in total. The van der Waals surface area contributed by atoms with Crippen LogP contribution in [-0.4, -0.2) is 18.1 Å². The quantitative estimate of drug-likeness (QED) is 0.446. The predicted molar refractivity (Wildman–Crippen MR) is 82.9 cm³/mol. The summed E-state index contributed by atoms with van der Waals surface area (Å²) in [5.41, 5.74) is 3.16. The van der Waals surface area contributed by atoms with Gasteiger partial charge in [-0.15, -0.1) is 0 Å². The molecule has 0 saturated carbocycles. The molecular weight excluding hydrogens is 308 g/mol. The van der Waals surface area contributed by atoms with Crippen LogP contribution in [0.3, 0.4) is 0 Å². The second-order valence-corrected chi connectivity index (χ2v) is 4.59. The van der Waals surface area contributed by atoms with E-state index in [1.165, 1.54) is 13.3 Å². The van der Waals surface area contributed by atoms with Crippen LogP contribution < -0.4 is 26.1 Å². The van der Waals surface area contributed by atoms with Crippen LogP contribution in [0.15, 0.2) is 36.7 Å². The number of hydrogen-bond acceptors (Lipinski definition) is 5. The second-order valence-electron chi connectivity index (χ2n) is 4.18. The Kier molecular flexibility index (Phi) is 5.40. The summed E-state index contributed by atoms with van der Waals surface area (Å²) in [6, 6.07) is 6.29. The zero-order chi connectivity index (χ0) is 15.9. The van der Waals surface area contributed by atoms with E-state index in [0.29, 0.717) is 27.8 Å². The summed E-state index contributed by atoms with van der Waals surface area (Å²) in [7, 11) is 1.53. The third-order valence-corrected chi connectivity index (χ3v) is 3.15. The molecule has 1 aromatic carbocycles. The monoisotopic (exact) mass is 322 g/mol. The molecule has 0 bridgehead atoms.